The van der Waals surface area contributed by atoms with E-state index >= 15 is 0 Å². The highest BCUT2D eigenvalue weighted by Crippen LogP contribution is 2.10. The molecule has 1 heterocycles. The molecule has 6 nitrogen and oxygen atoms in total. The Labute approximate surface area is 83.7 Å². The Morgan fingerprint density at radius 2 is 1.79 bits per heavy atom. The summed E-state index contributed by atoms with van der Waals surface area (Å²) in [6.45, 7) is 1.14. The highest BCUT2D eigenvalue weighted by atomic mass is 32.2. The summed E-state index contributed by atoms with van der Waals surface area (Å²) in [5, 5.41) is 0. The monoisotopic (exact) mass is 222 g/mol. The molecule has 0 aromatic heterocycles. The van der Waals surface area contributed by atoms with Crippen LogP contribution in [0, 0.1) is 0 Å². The largest absolute Gasteiger partial charge is 0.426 e. The van der Waals surface area contributed by atoms with Gasteiger partial charge in [0, 0.05) is 27.2 Å². The predicted molar refractivity (Wildman–Crippen MR) is 49.9 cm³/mol. The third-order valence-electron chi connectivity index (χ3n) is 1.99. The van der Waals surface area contributed by atoms with E-state index in [9.17, 15) is 13.2 Å². The van der Waals surface area contributed by atoms with Crippen molar-refractivity contribution in [3.8, 4) is 0 Å². The van der Waals surface area contributed by atoms with Crippen molar-refractivity contribution in [3.63, 3.8) is 0 Å². The van der Waals surface area contributed by atoms with Gasteiger partial charge in [-0.05, 0) is 12.8 Å². The van der Waals surface area contributed by atoms with E-state index < -0.39 is 16.4 Å². The average molecular weight is 222 g/mol. The van der Waals surface area contributed by atoms with Crippen molar-refractivity contribution >= 4 is 16.4 Å². The highest BCUT2D eigenvalue weighted by Gasteiger charge is 2.26. The molecule has 1 aliphatic rings. The summed E-state index contributed by atoms with van der Waals surface area (Å²) in [7, 11) is -1.27. The van der Waals surface area contributed by atoms with Crippen LogP contribution in [0.15, 0.2) is 0 Å². The normalized spacial score (nSPS) is 17.5. The maximum atomic E-state index is 11.3. The van der Waals surface area contributed by atoms with E-state index in [0.29, 0.717) is 13.1 Å². The first-order valence-electron chi connectivity index (χ1n) is 4.34. The van der Waals surface area contributed by atoms with Gasteiger partial charge in [0.05, 0.1) is 0 Å². The van der Waals surface area contributed by atoms with Crippen LogP contribution in [0.5, 0.6) is 0 Å². The maximum absolute atomic E-state index is 11.3. The minimum absolute atomic E-state index is 0.571. The molecule has 0 spiro atoms. The Bertz CT molecular complexity index is 306. The van der Waals surface area contributed by atoms with Gasteiger partial charge in [0.25, 0.3) is 0 Å². The van der Waals surface area contributed by atoms with Crippen LogP contribution in [0.3, 0.4) is 0 Å². The van der Waals surface area contributed by atoms with Crippen LogP contribution < -0.4 is 0 Å². The molecule has 1 fully saturated rings. The molecule has 1 saturated heterocycles. The number of carbonyl (C=O) groups excluding carboxylic acids is 1. The van der Waals surface area contributed by atoms with Gasteiger partial charge in [-0.1, -0.05) is 0 Å². The number of likely N-dealkylation sites (tertiary alicyclic amines) is 1. The Morgan fingerprint density at radius 1 is 1.29 bits per heavy atom. The smallest absolute Gasteiger partial charge is 0.316 e. The molecule has 0 unspecified atom stereocenters. The topological polar surface area (TPSA) is 66.9 Å². The average Bonchev–Trinajstić information content (AvgIpc) is 2.54. The second-order valence-corrected chi connectivity index (χ2v) is 5.04. The predicted octanol–water partition coefficient (Wildman–Crippen LogP) is 0.0252. The molecule has 0 N–H and O–H groups in total. The van der Waals surface area contributed by atoms with Crippen molar-refractivity contribution in [2.75, 3.05) is 27.2 Å². The zero-order valence-electron chi connectivity index (χ0n) is 8.26. The summed E-state index contributed by atoms with van der Waals surface area (Å²) in [5.74, 6) is 0. The lowest BCUT2D eigenvalue weighted by molar-refractivity contribution is 0.161. The van der Waals surface area contributed by atoms with E-state index in [1.807, 2.05) is 0 Å². The van der Waals surface area contributed by atoms with Crippen molar-refractivity contribution in [1.82, 2.24) is 9.21 Å². The molecule has 0 atom stereocenters. The van der Waals surface area contributed by atoms with E-state index in [2.05, 4.69) is 4.18 Å². The van der Waals surface area contributed by atoms with Crippen LogP contribution in [0.2, 0.25) is 0 Å². The number of hydrogen-bond donors (Lipinski definition) is 0. The van der Waals surface area contributed by atoms with Gasteiger partial charge in [0.15, 0.2) is 0 Å². The van der Waals surface area contributed by atoms with E-state index in [1.165, 1.54) is 19.0 Å². The summed E-state index contributed by atoms with van der Waals surface area (Å²) in [6.07, 6.45) is 1.02. The fraction of sp³-hybridized carbons (Fsp3) is 0.857. The molecule has 82 valence electrons. The van der Waals surface area contributed by atoms with Crippen molar-refractivity contribution < 1.29 is 17.4 Å². The maximum Gasteiger partial charge on any atom is 0.426 e. The Balaban J connectivity index is 2.56. The molecule has 14 heavy (non-hydrogen) atoms. The summed E-state index contributed by atoms with van der Waals surface area (Å²) >= 11 is 0. The molecule has 0 aromatic rings. The van der Waals surface area contributed by atoms with Crippen molar-refractivity contribution in [2.24, 2.45) is 0 Å². The third kappa shape index (κ3) is 2.58. The summed E-state index contributed by atoms with van der Waals surface area (Å²) < 4.78 is 27.5. The second kappa shape index (κ2) is 4.14. The van der Waals surface area contributed by atoms with Gasteiger partial charge in [-0.25, -0.2) is 4.79 Å². The molecular weight excluding hydrogens is 208 g/mol. The van der Waals surface area contributed by atoms with E-state index in [4.69, 9.17) is 0 Å². The minimum atomic E-state index is -3.89. The van der Waals surface area contributed by atoms with Gasteiger partial charge in [0.2, 0.25) is 0 Å². The first kappa shape index (κ1) is 11.3. The number of amides is 1. The minimum Gasteiger partial charge on any atom is -0.316 e. The lowest BCUT2D eigenvalue weighted by atomic mass is 10.4. The first-order chi connectivity index (χ1) is 6.43. The fourth-order valence-corrected chi connectivity index (χ4v) is 1.55. The van der Waals surface area contributed by atoms with Crippen molar-refractivity contribution in [1.29, 1.82) is 0 Å². The quantitative estimate of drug-likeness (QED) is 0.661. The molecule has 0 aliphatic carbocycles. The van der Waals surface area contributed by atoms with E-state index in [0.717, 1.165) is 17.1 Å². The van der Waals surface area contributed by atoms with E-state index in [1.54, 1.807) is 0 Å². The van der Waals surface area contributed by atoms with Gasteiger partial charge in [0.1, 0.15) is 0 Å². The summed E-state index contributed by atoms with van der Waals surface area (Å²) in [6, 6.07) is 0. The Morgan fingerprint density at radius 3 is 2.21 bits per heavy atom. The second-order valence-electron chi connectivity index (χ2n) is 3.28. The van der Waals surface area contributed by atoms with Crippen molar-refractivity contribution in [2.45, 2.75) is 12.8 Å². The lowest BCUT2D eigenvalue weighted by Crippen LogP contribution is -2.34. The van der Waals surface area contributed by atoms with E-state index in [-0.39, 0.29) is 0 Å². The van der Waals surface area contributed by atoms with Crippen LogP contribution >= 0.6 is 0 Å². The molecule has 0 aromatic carbocycles. The van der Waals surface area contributed by atoms with Gasteiger partial charge in [-0.3, -0.25) is 0 Å². The number of hydrogen-bond acceptors (Lipinski definition) is 4. The SMILES string of the molecule is CN(C)S(=O)(=O)OC(=O)N1CCCC1. The molecular formula is C7H14N2O4S. The Hall–Kier alpha value is -0.820. The molecule has 1 amide bonds. The van der Waals surface area contributed by atoms with Crippen LogP contribution in [0.1, 0.15) is 12.8 Å². The van der Waals surface area contributed by atoms with Crippen LogP contribution in [-0.2, 0) is 14.5 Å². The van der Waals surface area contributed by atoms with Gasteiger partial charge in [-0.15, -0.1) is 0 Å². The molecule has 0 bridgehead atoms. The molecule has 7 heteroatoms. The standard InChI is InChI=1S/C7H14N2O4S/c1-8(2)14(11,12)13-7(10)9-5-3-4-6-9/h3-6H2,1-2H3. The zero-order chi connectivity index (χ0) is 10.8. The van der Waals surface area contributed by atoms with Gasteiger partial charge < -0.3 is 9.08 Å². The Kier molecular flexibility index (Phi) is 3.33. The number of carbonyl (C=O) groups is 1. The number of rotatable bonds is 2. The van der Waals surface area contributed by atoms with Crippen LogP contribution in [0.25, 0.3) is 0 Å². The third-order valence-corrected chi connectivity index (χ3v) is 3.24. The molecule has 1 aliphatic heterocycles. The van der Waals surface area contributed by atoms with Gasteiger partial charge in [-0.2, -0.15) is 12.7 Å². The number of nitrogens with zero attached hydrogens (tertiary/aromatic N) is 2. The fourth-order valence-electron chi connectivity index (χ4n) is 1.12. The van der Waals surface area contributed by atoms with Gasteiger partial charge >= 0.3 is 16.4 Å². The summed E-state index contributed by atoms with van der Waals surface area (Å²) in [5.41, 5.74) is 0. The van der Waals surface area contributed by atoms with Crippen molar-refractivity contribution in [3.05, 3.63) is 0 Å². The van der Waals surface area contributed by atoms with Crippen LogP contribution in [0.4, 0.5) is 4.79 Å². The molecule has 1 rings (SSSR count). The molecule has 0 saturated carbocycles. The summed E-state index contributed by atoms with van der Waals surface area (Å²) in [4.78, 5) is 12.7. The first-order valence-corrected chi connectivity index (χ1v) is 5.71. The zero-order valence-corrected chi connectivity index (χ0v) is 9.08. The van der Waals surface area contributed by atoms with Crippen LogP contribution in [-0.4, -0.2) is 50.9 Å². The molecule has 0 radical (unpaired) electrons. The highest BCUT2D eigenvalue weighted by molar-refractivity contribution is 7.84. The lowest BCUT2D eigenvalue weighted by Gasteiger charge is -2.16.